The third kappa shape index (κ3) is 3.37. The second-order valence-corrected chi connectivity index (χ2v) is 7.12. The number of hydrogen-bond acceptors (Lipinski definition) is 3. The highest BCUT2D eigenvalue weighted by Gasteiger charge is 2.35. The second kappa shape index (κ2) is 6.20. The van der Waals surface area contributed by atoms with Crippen LogP contribution in [0.15, 0.2) is 23.1 Å². The Bertz CT molecular complexity index is 606. The van der Waals surface area contributed by atoms with Gasteiger partial charge in [-0.05, 0) is 38.3 Å². The molecule has 0 radical (unpaired) electrons. The van der Waals surface area contributed by atoms with E-state index < -0.39 is 15.6 Å². The first-order chi connectivity index (χ1) is 9.18. The molecule has 1 rings (SSSR count). The Balaban J connectivity index is 3.27. The van der Waals surface area contributed by atoms with Gasteiger partial charge in [0.2, 0.25) is 10.0 Å². The molecule has 0 aromatic heterocycles. The smallest absolute Gasteiger partial charge is 0.241 e. The molecule has 0 heterocycles. The molecule has 4 nitrogen and oxygen atoms in total. The van der Waals surface area contributed by atoms with Crippen molar-refractivity contribution in [3.63, 3.8) is 0 Å². The van der Waals surface area contributed by atoms with Crippen LogP contribution in [0.25, 0.3) is 0 Å². The van der Waals surface area contributed by atoms with Crippen LogP contribution in [0.2, 0.25) is 0 Å². The lowest BCUT2D eigenvalue weighted by atomic mass is 9.94. The number of nitrogens with two attached hydrogens (primary N) is 1. The molecule has 0 spiro atoms. The lowest BCUT2D eigenvalue weighted by Crippen LogP contribution is -2.55. The lowest BCUT2D eigenvalue weighted by molar-refractivity contribution is 0.465. The zero-order valence-electron chi connectivity index (χ0n) is 12.4. The summed E-state index contributed by atoms with van der Waals surface area (Å²) in [7, 11) is -3.65. The van der Waals surface area contributed by atoms with Crippen LogP contribution in [-0.4, -0.2) is 18.9 Å². The van der Waals surface area contributed by atoms with Crippen LogP contribution in [0.5, 0.6) is 0 Å². The number of rotatable bonds is 6. The van der Waals surface area contributed by atoms with E-state index in [0.29, 0.717) is 18.4 Å². The summed E-state index contributed by atoms with van der Waals surface area (Å²) in [6.45, 7) is 7.44. The molecule has 0 fully saturated rings. The second-order valence-electron chi connectivity index (χ2n) is 5.03. The van der Waals surface area contributed by atoms with Crippen molar-refractivity contribution in [1.29, 1.82) is 0 Å². The van der Waals surface area contributed by atoms with Gasteiger partial charge in [0, 0.05) is 0 Å². The maximum Gasteiger partial charge on any atom is 0.241 e. The summed E-state index contributed by atoms with van der Waals surface area (Å²) in [5.41, 5.74) is 6.61. The molecule has 112 valence electrons. The molecule has 0 bridgehead atoms. The molecule has 0 atom stereocenters. The SMILES string of the molecule is CCC(CC)(NS(=O)(=O)c1ccc(C)cc1C)C(N)=S. The van der Waals surface area contributed by atoms with E-state index in [1.165, 1.54) is 0 Å². The van der Waals surface area contributed by atoms with Crippen LogP contribution in [0.1, 0.15) is 37.8 Å². The van der Waals surface area contributed by atoms with Gasteiger partial charge in [-0.2, -0.15) is 4.72 Å². The van der Waals surface area contributed by atoms with Crippen molar-refractivity contribution < 1.29 is 8.42 Å². The van der Waals surface area contributed by atoms with Crippen LogP contribution in [0, 0.1) is 13.8 Å². The Morgan fingerprint density at radius 3 is 2.25 bits per heavy atom. The fraction of sp³-hybridized carbons (Fsp3) is 0.500. The molecule has 0 aliphatic heterocycles. The molecule has 3 N–H and O–H groups in total. The number of benzene rings is 1. The normalized spacial score (nSPS) is 12.4. The molecule has 1 aromatic carbocycles. The van der Waals surface area contributed by atoms with Gasteiger partial charge in [0.05, 0.1) is 15.4 Å². The molecule has 0 aliphatic carbocycles. The molecule has 0 saturated heterocycles. The standard InChI is InChI=1S/C14H22N2O2S2/c1-5-14(6-2,13(15)19)16-20(17,18)12-8-7-10(3)9-11(12)4/h7-9,16H,5-6H2,1-4H3,(H2,15,19). The monoisotopic (exact) mass is 314 g/mol. The van der Waals surface area contributed by atoms with Gasteiger partial charge >= 0.3 is 0 Å². The zero-order chi connectivity index (χ0) is 15.6. The van der Waals surface area contributed by atoms with E-state index in [2.05, 4.69) is 4.72 Å². The maximum absolute atomic E-state index is 12.6. The molecule has 0 saturated carbocycles. The quantitative estimate of drug-likeness (QED) is 0.791. The lowest BCUT2D eigenvalue weighted by Gasteiger charge is -2.31. The minimum atomic E-state index is -3.65. The van der Waals surface area contributed by atoms with E-state index >= 15 is 0 Å². The maximum atomic E-state index is 12.6. The highest BCUT2D eigenvalue weighted by Crippen LogP contribution is 2.22. The van der Waals surface area contributed by atoms with E-state index in [1.54, 1.807) is 19.1 Å². The average molecular weight is 314 g/mol. The first-order valence-electron chi connectivity index (χ1n) is 6.59. The Morgan fingerprint density at radius 2 is 1.85 bits per heavy atom. The van der Waals surface area contributed by atoms with Crippen molar-refractivity contribution in [3.8, 4) is 0 Å². The molecule has 20 heavy (non-hydrogen) atoms. The fourth-order valence-corrected chi connectivity index (χ4v) is 4.36. The Morgan fingerprint density at radius 1 is 1.30 bits per heavy atom. The van der Waals surface area contributed by atoms with Crippen molar-refractivity contribution in [1.82, 2.24) is 4.72 Å². The van der Waals surface area contributed by atoms with Gasteiger partial charge < -0.3 is 5.73 Å². The molecule has 1 aromatic rings. The predicted molar refractivity (Wildman–Crippen MR) is 86.3 cm³/mol. The third-order valence-electron chi connectivity index (χ3n) is 3.63. The first kappa shape index (κ1) is 17.1. The Kier molecular flexibility index (Phi) is 5.29. The predicted octanol–water partition coefficient (Wildman–Crippen LogP) is 2.43. The summed E-state index contributed by atoms with van der Waals surface area (Å²) >= 11 is 5.05. The fourth-order valence-electron chi connectivity index (χ4n) is 2.21. The van der Waals surface area contributed by atoms with E-state index in [4.69, 9.17) is 18.0 Å². The number of sulfonamides is 1. The van der Waals surface area contributed by atoms with Crippen molar-refractivity contribution >= 4 is 27.2 Å². The molecular weight excluding hydrogens is 292 g/mol. The Hall–Kier alpha value is -0.980. The van der Waals surface area contributed by atoms with E-state index in [1.807, 2.05) is 26.8 Å². The van der Waals surface area contributed by atoms with Crippen LogP contribution in [0.3, 0.4) is 0 Å². The van der Waals surface area contributed by atoms with E-state index in [-0.39, 0.29) is 9.88 Å². The van der Waals surface area contributed by atoms with Crippen LogP contribution >= 0.6 is 12.2 Å². The van der Waals surface area contributed by atoms with E-state index in [0.717, 1.165) is 5.56 Å². The molecule has 6 heteroatoms. The third-order valence-corrected chi connectivity index (χ3v) is 5.72. The van der Waals surface area contributed by atoms with Gasteiger partial charge in [-0.1, -0.05) is 43.8 Å². The first-order valence-corrected chi connectivity index (χ1v) is 8.49. The molecular formula is C14H22N2O2S2. The van der Waals surface area contributed by atoms with Crippen molar-refractivity contribution in [2.45, 2.75) is 51.0 Å². The summed E-state index contributed by atoms with van der Waals surface area (Å²) < 4.78 is 27.8. The summed E-state index contributed by atoms with van der Waals surface area (Å²) in [6.07, 6.45) is 1.03. The van der Waals surface area contributed by atoms with Crippen LogP contribution in [-0.2, 0) is 10.0 Å². The van der Waals surface area contributed by atoms with E-state index in [9.17, 15) is 8.42 Å². The van der Waals surface area contributed by atoms with Crippen molar-refractivity contribution in [2.75, 3.05) is 0 Å². The van der Waals surface area contributed by atoms with Crippen molar-refractivity contribution in [2.24, 2.45) is 5.73 Å². The highest BCUT2D eigenvalue weighted by atomic mass is 32.2. The van der Waals surface area contributed by atoms with Gasteiger partial charge in [0.25, 0.3) is 0 Å². The Labute approximate surface area is 126 Å². The minimum absolute atomic E-state index is 0.177. The van der Waals surface area contributed by atoms with Gasteiger partial charge in [-0.3, -0.25) is 0 Å². The van der Waals surface area contributed by atoms with Gasteiger partial charge in [0.1, 0.15) is 0 Å². The van der Waals surface area contributed by atoms with Gasteiger partial charge in [0.15, 0.2) is 0 Å². The number of thiocarbonyl (C=S) groups is 1. The topological polar surface area (TPSA) is 72.2 Å². The number of hydrogen-bond donors (Lipinski definition) is 2. The summed E-state index contributed by atoms with van der Waals surface area (Å²) in [4.78, 5) is 0.446. The summed E-state index contributed by atoms with van der Waals surface area (Å²) in [5, 5.41) is 0. The minimum Gasteiger partial charge on any atom is -0.392 e. The number of nitrogens with one attached hydrogen (secondary N) is 1. The molecule has 0 unspecified atom stereocenters. The average Bonchev–Trinajstić information content (AvgIpc) is 2.35. The highest BCUT2D eigenvalue weighted by molar-refractivity contribution is 7.89. The molecule has 0 amide bonds. The van der Waals surface area contributed by atoms with Gasteiger partial charge in [-0.15, -0.1) is 0 Å². The molecule has 0 aliphatic rings. The summed E-state index contributed by atoms with van der Waals surface area (Å²) in [5.74, 6) is 0. The van der Waals surface area contributed by atoms with Gasteiger partial charge in [-0.25, -0.2) is 8.42 Å². The van der Waals surface area contributed by atoms with Crippen molar-refractivity contribution in [3.05, 3.63) is 29.3 Å². The summed E-state index contributed by atoms with van der Waals surface area (Å²) in [6, 6.07) is 5.24. The number of aryl methyl sites for hydroxylation is 2. The van der Waals surface area contributed by atoms with Crippen LogP contribution in [0.4, 0.5) is 0 Å². The zero-order valence-corrected chi connectivity index (χ0v) is 14.0. The largest absolute Gasteiger partial charge is 0.392 e. The van der Waals surface area contributed by atoms with Crippen LogP contribution < -0.4 is 10.5 Å².